The molecule has 4 aromatic rings. The predicted molar refractivity (Wildman–Crippen MR) is 89.8 cm³/mol. The number of carbonyl (C=O) groups is 1. The molecule has 0 fully saturated rings. The Balaban J connectivity index is 1.73. The molecule has 0 aliphatic heterocycles. The summed E-state index contributed by atoms with van der Waals surface area (Å²) in [6.07, 6.45) is 1.43. The number of rotatable bonds is 2. The van der Waals surface area contributed by atoms with Crippen molar-refractivity contribution in [1.82, 2.24) is 29.9 Å². The van der Waals surface area contributed by atoms with E-state index in [1.807, 2.05) is 27.0 Å². The summed E-state index contributed by atoms with van der Waals surface area (Å²) < 4.78 is 1.66. The standard InChI is InChI=1S/C16H15N7O/c1-8-9(2)19-14-13(8)15(18-7-17-14)20-16(24)10-4-5-12-11(6-10)21-22-23(12)3/h4-7H,1-3H3,(H2,17,18,19,20,24). The van der Waals surface area contributed by atoms with E-state index in [0.29, 0.717) is 22.5 Å². The number of aromatic amines is 1. The highest BCUT2D eigenvalue weighted by Crippen LogP contribution is 2.25. The van der Waals surface area contributed by atoms with Crippen molar-refractivity contribution in [2.45, 2.75) is 13.8 Å². The fourth-order valence-corrected chi connectivity index (χ4v) is 2.75. The summed E-state index contributed by atoms with van der Waals surface area (Å²) in [6, 6.07) is 5.28. The highest BCUT2D eigenvalue weighted by Gasteiger charge is 2.15. The molecule has 0 saturated carbocycles. The van der Waals surface area contributed by atoms with Crippen molar-refractivity contribution in [3.8, 4) is 0 Å². The third-order valence-electron chi connectivity index (χ3n) is 4.20. The molecule has 4 rings (SSSR count). The van der Waals surface area contributed by atoms with Gasteiger partial charge in [0.05, 0.1) is 10.9 Å². The highest BCUT2D eigenvalue weighted by molar-refractivity contribution is 6.09. The number of amides is 1. The summed E-state index contributed by atoms with van der Waals surface area (Å²) >= 11 is 0. The van der Waals surface area contributed by atoms with E-state index < -0.39 is 0 Å². The molecular formula is C16H15N7O. The van der Waals surface area contributed by atoms with Gasteiger partial charge in [-0.15, -0.1) is 5.10 Å². The van der Waals surface area contributed by atoms with Crippen molar-refractivity contribution >= 4 is 33.8 Å². The van der Waals surface area contributed by atoms with Crippen molar-refractivity contribution in [2.24, 2.45) is 7.05 Å². The van der Waals surface area contributed by atoms with Crippen LogP contribution in [-0.2, 0) is 7.05 Å². The van der Waals surface area contributed by atoms with Crippen molar-refractivity contribution in [1.29, 1.82) is 0 Å². The lowest BCUT2D eigenvalue weighted by Gasteiger charge is -2.06. The lowest BCUT2D eigenvalue weighted by atomic mass is 10.1. The second kappa shape index (κ2) is 5.12. The minimum absolute atomic E-state index is 0.249. The molecule has 0 saturated heterocycles. The fraction of sp³-hybridized carbons (Fsp3) is 0.188. The minimum Gasteiger partial charge on any atom is -0.343 e. The van der Waals surface area contributed by atoms with E-state index in [2.05, 4.69) is 30.6 Å². The van der Waals surface area contributed by atoms with Gasteiger partial charge in [0.15, 0.2) is 0 Å². The number of aromatic nitrogens is 6. The number of benzene rings is 1. The number of anilines is 1. The van der Waals surface area contributed by atoms with Crippen LogP contribution in [0.4, 0.5) is 5.82 Å². The normalized spacial score (nSPS) is 11.3. The topological polar surface area (TPSA) is 101 Å². The van der Waals surface area contributed by atoms with Crippen LogP contribution in [0.2, 0.25) is 0 Å². The first kappa shape index (κ1) is 14.3. The maximum atomic E-state index is 12.6. The molecule has 8 heteroatoms. The largest absolute Gasteiger partial charge is 0.343 e. The van der Waals surface area contributed by atoms with Crippen molar-refractivity contribution in [3.63, 3.8) is 0 Å². The van der Waals surface area contributed by atoms with Crippen molar-refractivity contribution < 1.29 is 4.79 Å². The number of aryl methyl sites for hydroxylation is 3. The molecule has 1 amide bonds. The Kier molecular flexibility index (Phi) is 3.05. The molecule has 0 spiro atoms. The Hall–Kier alpha value is -3.29. The highest BCUT2D eigenvalue weighted by atomic mass is 16.1. The number of hydrogen-bond donors (Lipinski definition) is 2. The number of carbonyl (C=O) groups excluding carboxylic acids is 1. The van der Waals surface area contributed by atoms with Gasteiger partial charge in [0.1, 0.15) is 23.3 Å². The van der Waals surface area contributed by atoms with Crippen LogP contribution < -0.4 is 5.32 Å². The summed E-state index contributed by atoms with van der Waals surface area (Å²) in [5.41, 5.74) is 4.77. The maximum absolute atomic E-state index is 12.6. The van der Waals surface area contributed by atoms with Gasteiger partial charge in [0.25, 0.3) is 5.91 Å². The van der Waals surface area contributed by atoms with E-state index in [1.165, 1.54) is 6.33 Å². The molecule has 2 N–H and O–H groups in total. The first-order valence-corrected chi connectivity index (χ1v) is 7.45. The molecule has 0 atom stereocenters. The number of nitrogens with one attached hydrogen (secondary N) is 2. The monoisotopic (exact) mass is 321 g/mol. The van der Waals surface area contributed by atoms with E-state index in [9.17, 15) is 4.79 Å². The van der Waals surface area contributed by atoms with Crippen LogP contribution in [0.1, 0.15) is 21.6 Å². The van der Waals surface area contributed by atoms with E-state index >= 15 is 0 Å². The molecular weight excluding hydrogens is 306 g/mol. The average Bonchev–Trinajstić information content (AvgIpc) is 3.08. The summed E-state index contributed by atoms with van der Waals surface area (Å²) in [5.74, 6) is 0.242. The molecule has 0 radical (unpaired) electrons. The first-order chi connectivity index (χ1) is 11.5. The van der Waals surface area contributed by atoms with Gasteiger partial charge in [0, 0.05) is 18.3 Å². The van der Waals surface area contributed by atoms with Gasteiger partial charge in [-0.05, 0) is 37.6 Å². The van der Waals surface area contributed by atoms with Gasteiger partial charge in [0.2, 0.25) is 0 Å². The third kappa shape index (κ3) is 2.11. The fourth-order valence-electron chi connectivity index (χ4n) is 2.75. The zero-order valence-electron chi connectivity index (χ0n) is 13.5. The van der Waals surface area contributed by atoms with Crippen molar-refractivity contribution in [3.05, 3.63) is 41.3 Å². The molecule has 0 aliphatic carbocycles. The van der Waals surface area contributed by atoms with E-state index in [0.717, 1.165) is 22.2 Å². The number of nitrogens with zero attached hydrogens (tertiary/aromatic N) is 5. The third-order valence-corrected chi connectivity index (χ3v) is 4.20. The predicted octanol–water partition coefficient (Wildman–Crippen LogP) is 2.11. The molecule has 0 unspecified atom stereocenters. The van der Waals surface area contributed by atoms with Gasteiger partial charge >= 0.3 is 0 Å². The van der Waals surface area contributed by atoms with Crippen LogP contribution in [0.15, 0.2) is 24.5 Å². The van der Waals surface area contributed by atoms with Crippen LogP contribution in [0.25, 0.3) is 22.1 Å². The zero-order chi connectivity index (χ0) is 16.8. The molecule has 3 heterocycles. The van der Waals surface area contributed by atoms with Gasteiger partial charge in [-0.3, -0.25) is 4.79 Å². The van der Waals surface area contributed by atoms with E-state index in [4.69, 9.17) is 0 Å². The first-order valence-electron chi connectivity index (χ1n) is 7.45. The molecule has 120 valence electrons. The Morgan fingerprint density at radius 3 is 2.92 bits per heavy atom. The quantitative estimate of drug-likeness (QED) is 0.589. The Labute approximate surface area is 136 Å². The second-order valence-electron chi connectivity index (χ2n) is 5.69. The van der Waals surface area contributed by atoms with Crippen LogP contribution >= 0.6 is 0 Å². The smallest absolute Gasteiger partial charge is 0.256 e. The van der Waals surface area contributed by atoms with Crippen molar-refractivity contribution in [2.75, 3.05) is 5.32 Å². The molecule has 0 aliphatic rings. The number of hydrogen-bond acceptors (Lipinski definition) is 5. The second-order valence-corrected chi connectivity index (χ2v) is 5.69. The summed E-state index contributed by atoms with van der Waals surface area (Å²) in [5, 5.41) is 11.7. The average molecular weight is 321 g/mol. The van der Waals surface area contributed by atoms with Crippen LogP contribution in [0.3, 0.4) is 0 Å². The SMILES string of the molecule is Cc1[nH]c2ncnc(NC(=O)c3ccc4c(c3)nnn4C)c2c1C. The Morgan fingerprint density at radius 1 is 1.25 bits per heavy atom. The molecule has 3 aromatic heterocycles. The summed E-state index contributed by atoms with van der Waals surface area (Å²) in [6.45, 7) is 3.93. The molecule has 8 nitrogen and oxygen atoms in total. The molecule has 1 aromatic carbocycles. The summed E-state index contributed by atoms with van der Waals surface area (Å²) in [4.78, 5) is 24.2. The number of fused-ring (bicyclic) bond motifs is 2. The Morgan fingerprint density at radius 2 is 2.08 bits per heavy atom. The van der Waals surface area contributed by atoms with Crippen LogP contribution in [-0.4, -0.2) is 35.9 Å². The van der Waals surface area contributed by atoms with Crippen LogP contribution in [0, 0.1) is 13.8 Å². The van der Waals surface area contributed by atoms with E-state index in [1.54, 1.807) is 16.8 Å². The van der Waals surface area contributed by atoms with Gasteiger partial charge in [-0.2, -0.15) is 0 Å². The summed E-state index contributed by atoms with van der Waals surface area (Å²) in [7, 11) is 1.81. The maximum Gasteiger partial charge on any atom is 0.256 e. The van der Waals surface area contributed by atoms with Crippen LogP contribution in [0.5, 0.6) is 0 Å². The van der Waals surface area contributed by atoms with Gasteiger partial charge < -0.3 is 10.3 Å². The number of H-pyrrole nitrogens is 1. The minimum atomic E-state index is -0.249. The van der Waals surface area contributed by atoms with Gasteiger partial charge in [-0.1, -0.05) is 5.21 Å². The van der Waals surface area contributed by atoms with Gasteiger partial charge in [-0.25, -0.2) is 14.6 Å². The Bertz CT molecular complexity index is 1090. The zero-order valence-corrected chi connectivity index (χ0v) is 13.5. The lowest BCUT2D eigenvalue weighted by Crippen LogP contribution is -2.13. The lowest BCUT2D eigenvalue weighted by molar-refractivity contribution is 0.102. The molecule has 0 bridgehead atoms. The van der Waals surface area contributed by atoms with E-state index in [-0.39, 0.29) is 5.91 Å². The molecule has 24 heavy (non-hydrogen) atoms.